The minimum Gasteiger partial charge on any atom is -0.450 e. The fraction of sp³-hybridized carbons (Fsp3) is 0.618. The summed E-state index contributed by atoms with van der Waals surface area (Å²) in [5, 5.41) is 16.2. The Morgan fingerprint density at radius 3 is 2.31 bits per heavy atom. The number of carbonyl (C=O) groups excluding carboxylic acids is 4. The zero-order valence-corrected chi connectivity index (χ0v) is 30.0. The first-order valence-electron chi connectivity index (χ1n) is 16.6. The van der Waals surface area contributed by atoms with Crippen LogP contribution in [0.5, 0.6) is 0 Å². The van der Waals surface area contributed by atoms with E-state index in [4.69, 9.17) is 15.2 Å². The Balaban J connectivity index is 1.41. The molecular formula is C34H51N5O7S2. The molecule has 1 aromatic heterocycles. The highest BCUT2D eigenvalue weighted by molar-refractivity contribution is 7.81. The van der Waals surface area contributed by atoms with Crippen molar-refractivity contribution in [2.45, 2.75) is 108 Å². The third-order valence-corrected chi connectivity index (χ3v) is 9.41. The second-order valence-electron chi connectivity index (χ2n) is 12.7. The lowest BCUT2D eigenvalue weighted by Crippen LogP contribution is -2.59. The average molecular weight is 706 g/mol. The molecule has 0 spiro atoms. The van der Waals surface area contributed by atoms with Gasteiger partial charge in [0.15, 0.2) is 0 Å². The molecule has 2 heterocycles. The molecule has 1 fully saturated rings. The first-order chi connectivity index (χ1) is 22.9. The number of nitrogens with two attached hydrogens (primary N) is 1. The quantitative estimate of drug-likeness (QED) is 0.101. The summed E-state index contributed by atoms with van der Waals surface area (Å²) in [6.45, 7) is 7.32. The number of thiazole rings is 1. The van der Waals surface area contributed by atoms with E-state index in [-0.39, 0.29) is 37.7 Å². The number of likely N-dealkylation sites (tertiary alicyclic amines) is 1. The van der Waals surface area contributed by atoms with Crippen molar-refractivity contribution >= 4 is 47.8 Å². The number of aromatic nitrogens is 1. The molecule has 0 bridgehead atoms. The third kappa shape index (κ3) is 13.0. The van der Waals surface area contributed by atoms with Gasteiger partial charge in [-0.1, -0.05) is 37.1 Å². The summed E-state index contributed by atoms with van der Waals surface area (Å²) in [4.78, 5) is 57.2. The maximum atomic E-state index is 13.8. The van der Waals surface area contributed by atoms with Crippen LogP contribution in [-0.4, -0.2) is 88.1 Å². The molecule has 12 nitrogen and oxygen atoms in total. The zero-order chi connectivity index (χ0) is 35.1. The number of carbonyl (C=O) groups is 4. The Morgan fingerprint density at radius 1 is 1.06 bits per heavy atom. The van der Waals surface area contributed by atoms with Crippen molar-refractivity contribution in [1.29, 1.82) is 0 Å². The van der Waals surface area contributed by atoms with Crippen molar-refractivity contribution < 1.29 is 33.8 Å². The molecule has 266 valence electrons. The van der Waals surface area contributed by atoms with E-state index in [0.29, 0.717) is 26.2 Å². The van der Waals surface area contributed by atoms with E-state index in [1.54, 1.807) is 25.2 Å². The van der Waals surface area contributed by atoms with Gasteiger partial charge in [0.05, 0.1) is 28.8 Å². The molecule has 5 N–H and O–H groups in total. The van der Waals surface area contributed by atoms with Crippen molar-refractivity contribution in [1.82, 2.24) is 20.5 Å². The van der Waals surface area contributed by atoms with Crippen LogP contribution >= 0.6 is 24.0 Å². The van der Waals surface area contributed by atoms with Crippen molar-refractivity contribution in [2.75, 3.05) is 26.4 Å². The van der Waals surface area contributed by atoms with Gasteiger partial charge in [-0.25, -0.2) is 9.78 Å². The Bertz CT molecular complexity index is 1330. The van der Waals surface area contributed by atoms with Gasteiger partial charge >= 0.3 is 6.09 Å². The maximum absolute atomic E-state index is 13.8. The van der Waals surface area contributed by atoms with Crippen LogP contribution in [0.3, 0.4) is 0 Å². The van der Waals surface area contributed by atoms with Crippen molar-refractivity contribution in [3.63, 3.8) is 0 Å². The minimum absolute atomic E-state index is 0.000243. The molecule has 1 aromatic carbocycles. The number of ether oxygens (including phenoxy) is 2. The fourth-order valence-electron chi connectivity index (χ4n) is 5.51. The van der Waals surface area contributed by atoms with Crippen LogP contribution in [0, 0.1) is 6.92 Å². The number of primary amides is 1. The lowest BCUT2D eigenvalue weighted by atomic mass is 10.00. The molecule has 48 heavy (non-hydrogen) atoms. The number of aliphatic hydroxyl groups is 1. The van der Waals surface area contributed by atoms with Crippen LogP contribution in [0.1, 0.15) is 82.9 Å². The molecule has 0 radical (unpaired) electrons. The fourth-order valence-corrected chi connectivity index (χ4v) is 6.49. The predicted molar refractivity (Wildman–Crippen MR) is 189 cm³/mol. The first kappa shape index (κ1) is 39.2. The topological polar surface area (TPSA) is 173 Å². The summed E-state index contributed by atoms with van der Waals surface area (Å²) >= 11 is 6.19. The molecule has 0 aliphatic carbocycles. The van der Waals surface area contributed by atoms with Gasteiger partial charge < -0.3 is 35.8 Å². The third-order valence-electron chi connectivity index (χ3n) is 8.17. The number of nitrogens with zero attached hydrogens (tertiary/aromatic N) is 2. The number of hydrogen-bond donors (Lipinski definition) is 5. The number of amides is 4. The van der Waals surface area contributed by atoms with Crippen LogP contribution in [0.2, 0.25) is 0 Å². The van der Waals surface area contributed by atoms with Crippen molar-refractivity contribution in [3.8, 4) is 10.4 Å². The number of thiol groups is 1. The van der Waals surface area contributed by atoms with E-state index >= 15 is 0 Å². The van der Waals surface area contributed by atoms with E-state index in [9.17, 15) is 24.3 Å². The van der Waals surface area contributed by atoms with Crippen molar-refractivity contribution in [3.05, 3.63) is 41.0 Å². The molecule has 14 heteroatoms. The number of benzene rings is 1. The van der Waals surface area contributed by atoms with Crippen LogP contribution in [0.25, 0.3) is 10.4 Å². The summed E-state index contributed by atoms with van der Waals surface area (Å²) in [7, 11) is 0. The number of rotatable bonds is 20. The van der Waals surface area contributed by atoms with Gasteiger partial charge in [-0.05, 0) is 64.0 Å². The smallest absolute Gasteiger partial charge is 0.404 e. The first-order valence-corrected chi connectivity index (χ1v) is 18.0. The number of aliphatic hydroxyl groups excluding tert-OH is 1. The summed E-state index contributed by atoms with van der Waals surface area (Å²) in [5.74, 6) is -1.08. The highest BCUT2D eigenvalue weighted by Crippen LogP contribution is 2.28. The van der Waals surface area contributed by atoms with E-state index in [2.05, 4.69) is 28.2 Å². The molecule has 3 rings (SSSR count). The molecule has 2 aromatic rings. The van der Waals surface area contributed by atoms with Gasteiger partial charge in [0.2, 0.25) is 17.7 Å². The molecule has 0 saturated carbocycles. The van der Waals surface area contributed by atoms with Gasteiger partial charge in [0.1, 0.15) is 12.1 Å². The lowest BCUT2D eigenvalue weighted by Gasteiger charge is -2.34. The van der Waals surface area contributed by atoms with E-state index in [1.165, 1.54) is 4.90 Å². The second-order valence-corrected chi connectivity index (χ2v) is 14.7. The summed E-state index contributed by atoms with van der Waals surface area (Å²) in [6.07, 6.45) is 4.64. The molecule has 1 aliphatic rings. The van der Waals surface area contributed by atoms with Gasteiger partial charge in [0.25, 0.3) is 0 Å². The zero-order valence-electron chi connectivity index (χ0n) is 28.2. The van der Waals surface area contributed by atoms with E-state index < -0.39 is 34.9 Å². The SMILES string of the molecule is Cc1ncsc1-c1ccc(CNC(=O)[C@@H]2C[C@@H](O)CN2C(=O)[C@@H](NC(=O)CCCCCOCCCCCCOC(N)=O)C(C)(C)S)cc1. The molecule has 1 aliphatic heterocycles. The highest BCUT2D eigenvalue weighted by atomic mass is 32.1. The van der Waals surface area contributed by atoms with E-state index in [0.717, 1.165) is 60.2 Å². The summed E-state index contributed by atoms with van der Waals surface area (Å²) in [5.41, 5.74) is 9.67. The highest BCUT2D eigenvalue weighted by Gasteiger charge is 2.44. The van der Waals surface area contributed by atoms with Crippen LogP contribution in [-0.2, 0) is 30.4 Å². The Morgan fingerprint density at radius 2 is 1.71 bits per heavy atom. The summed E-state index contributed by atoms with van der Waals surface area (Å²) < 4.78 is 9.45. The van der Waals surface area contributed by atoms with E-state index in [1.807, 2.05) is 36.7 Å². The van der Waals surface area contributed by atoms with Crippen LogP contribution < -0.4 is 16.4 Å². The molecule has 3 atom stereocenters. The standard InChI is InChI=1S/C34H51N5O7S2/c1-23-29(48-22-37-23)25-14-12-24(13-15-25)20-36-31(42)27-19-26(40)21-39(27)32(43)30(34(2,3)47)38-28(41)11-7-6-9-17-45-16-8-4-5-10-18-46-33(35)44/h12-15,22,26-27,30,40,47H,4-11,16-21H2,1-3H3,(H2,35,44)(H,36,42)(H,38,41)/t26-,27+,30-/m1/s1. The molecule has 4 amide bonds. The largest absolute Gasteiger partial charge is 0.450 e. The van der Waals surface area contributed by atoms with Crippen LogP contribution in [0.15, 0.2) is 29.8 Å². The Labute approximate surface area is 292 Å². The Hall–Kier alpha value is -3.20. The maximum Gasteiger partial charge on any atom is 0.404 e. The molecule has 0 unspecified atom stereocenters. The summed E-state index contributed by atoms with van der Waals surface area (Å²) in [6, 6.07) is 6.03. The number of aryl methyl sites for hydroxylation is 1. The predicted octanol–water partition coefficient (Wildman–Crippen LogP) is 4.12. The number of β-amino-alcohol motifs (C(OH)–C–C–N with tert-alkyl or cyclic N) is 1. The minimum atomic E-state index is -0.984. The van der Waals surface area contributed by atoms with Gasteiger partial charge in [-0.3, -0.25) is 14.4 Å². The van der Waals surface area contributed by atoms with Crippen molar-refractivity contribution in [2.24, 2.45) is 5.73 Å². The Kier molecular flexibility index (Phi) is 16.1. The van der Waals surface area contributed by atoms with Gasteiger partial charge in [0, 0.05) is 43.9 Å². The number of hydrogen-bond acceptors (Lipinski definition) is 10. The number of unbranched alkanes of at least 4 members (excludes halogenated alkanes) is 5. The second kappa shape index (κ2) is 19.7. The molecule has 1 saturated heterocycles. The van der Waals surface area contributed by atoms with Gasteiger partial charge in [-0.15, -0.1) is 11.3 Å². The van der Waals surface area contributed by atoms with Gasteiger partial charge in [-0.2, -0.15) is 12.6 Å². The van der Waals surface area contributed by atoms with Crippen LogP contribution in [0.4, 0.5) is 4.79 Å². The normalized spacial score (nSPS) is 16.8. The number of nitrogens with one attached hydrogen (secondary N) is 2. The monoisotopic (exact) mass is 705 g/mol. The average Bonchev–Trinajstić information content (AvgIpc) is 3.65. The molecular weight excluding hydrogens is 655 g/mol. The lowest BCUT2D eigenvalue weighted by molar-refractivity contribution is -0.142.